The van der Waals surface area contributed by atoms with Crippen molar-refractivity contribution in [2.24, 2.45) is 17.8 Å². The number of aliphatic hydroxyl groups is 1. The average molecular weight is 210 g/mol. The summed E-state index contributed by atoms with van der Waals surface area (Å²) in [7, 11) is 0. The standard InChI is InChI=1S/C12H20O.C2H6/c1-9(8-13)6-10-2-3-11-4-5-12(11)7-10;1-2/h2,9,11-13H,3-8H2,1H3;1-2H3/t9?,11-,12+;/m0./s1. The lowest BCUT2D eigenvalue weighted by atomic mass is 9.65. The summed E-state index contributed by atoms with van der Waals surface area (Å²) in [4.78, 5) is 0. The third-order valence-electron chi connectivity index (χ3n) is 3.73. The third kappa shape index (κ3) is 3.34. The summed E-state index contributed by atoms with van der Waals surface area (Å²) >= 11 is 0. The zero-order chi connectivity index (χ0) is 11.3. The van der Waals surface area contributed by atoms with Gasteiger partial charge in [-0.1, -0.05) is 32.4 Å². The summed E-state index contributed by atoms with van der Waals surface area (Å²) in [5, 5.41) is 8.97. The highest BCUT2D eigenvalue weighted by molar-refractivity contribution is 5.11. The molecule has 0 aromatic heterocycles. The molecule has 1 unspecified atom stereocenters. The topological polar surface area (TPSA) is 20.2 Å². The van der Waals surface area contributed by atoms with E-state index in [1.165, 1.54) is 25.7 Å². The minimum atomic E-state index is 0.339. The van der Waals surface area contributed by atoms with Gasteiger partial charge in [-0.05, 0) is 49.9 Å². The molecular formula is C14H26O. The van der Waals surface area contributed by atoms with Gasteiger partial charge in [-0.25, -0.2) is 0 Å². The summed E-state index contributed by atoms with van der Waals surface area (Å²) in [5.41, 5.74) is 1.61. The molecule has 0 saturated heterocycles. The largest absolute Gasteiger partial charge is 0.396 e. The highest BCUT2D eigenvalue weighted by atomic mass is 16.3. The van der Waals surface area contributed by atoms with Crippen molar-refractivity contribution in [3.63, 3.8) is 0 Å². The van der Waals surface area contributed by atoms with Crippen LogP contribution in [0.25, 0.3) is 0 Å². The van der Waals surface area contributed by atoms with E-state index in [1.807, 2.05) is 13.8 Å². The summed E-state index contributed by atoms with van der Waals surface area (Å²) < 4.78 is 0. The van der Waals surface area contributed by atoms with Crippen molar-refractivity contribution in [1.82, 2.24) is 0 Å². The molecule has 88 valence electrons. The molecule has 15 heavy (non-hydrogen) atoms. The average Bonchev–Trinajstić information content (AvgIpc) is 2.25. The molecule has 2 aliphatic rings. The number of hydrogen-bond donors (Lipinski definition) is 1. The van der Waals surface area contributed by atoms with Gasteiger partial charge in [0.1, 0.15) is 0 Å². The Kier molecular flexibility index (Phi) is 5.38. The van der Waals surface area contributed by atoms with Crippen molar-refractivity contribution in [2.75, 3.05) is 6.61 Å². The lowest BCUT2D eigenvalue weighted by Gasteiger charge is -2.40. The van der Waals surface area contributed by atoms with Crippen molar-refractivity contribution in [3.8, 4) is 0 Å². The Morgan fingerprint density at radius 2 is 2.00 bits per heavy atom. The van der Waals surface area contributed by atoms with Crippen LogP contribution in [0.1, 0.15) is 52.9 Å². The monoisotopic (exact) mass is 210 g/mol. The minimum Gasteiger partial charge on any atom is -0.396 e. The number of rotatable bonds is 3. The van der Waals surface area contributed by atoms with Gasteiger partial charge < -0.3 is 5.11 Å². The molecule has 0 spiro atoms. The van der Waals surface area contributed by atoms with E-state index < -0.39 is 0 Å². The fourth-order valence-electron chi connectivity index (χ4n) is 2.63. The predicted octanol–water partition coefficient (Wildman–Crippen LogP) is 3.78. The van der Waals surface area contributed by atoms with Crippen LogP contribution >= 0.6 is 0 Å². The molecular weight excluding hydrogens is 184 g/mol. The summed E-state index contributed by atoms with van der Waals surface area (Å²) in [5.74, 6) is 2.49. The van der Waals surface area contributed by atoms with Crippen LogP contribution in [0.2, 0.25) is 0 Å². The van der Waals surface area contributed by atoms with E-state index in [2.05, 4.69) is 13.0 Å². The van der Waals surface area contributed by atoms with Crippen molar-refractivity contribution >= 4 is 0 Å². The van der Waals surface area contributed by atoms with Crippen LogP contribution in [-0.4, -0.2) is 11.7 Å². The first kappa shape index (κ1) is 12.8. The highest BCUT2D eigenvalue weighted by Crippen LogP contribution is 2.45. The van der Waals surface area contributed by atoms with Gasteiger partial charge in [-0.2, -0.15) is 0 Å². The molecule has 1 N–H and O–H groups in total. The van der Waals surface area contributed by atoms with Crippen LogP contribution in [-0.2, 0) is 0 Å². The van der Waals surface area contributed by atoms with E-state index in [4.69, 9.17) is 5.11 Å². The molecule has 0 radical (unpaired) electrons. The fourth-order valence-corrected chi connectivity index (χ4v) is 2.63. The van der Waals surface area contributed by atoms with Crippen LogP contribution in [0, 0.1) is 17.8 Å². The van der Waals surface area contributed by atoms with Crippen LogP contribution in [0.4, 0.5) is 0 Å². The first-order valence-corrected chi connectivity index (χ1v) is 6.58. The van der Waals surface area contributed by atoms with Crippen molar-refractivity contribution in [3.05, 3.63) is 11.6 Å². The van der Waals surface area contributed by atoms with Gasteiger partial charge in [0.15, 0.2) is 0 Å². The highest BCUT2D eigenvalue weighted by Gasteiger charge is 2.33. The first-order chi connectivity index (χ1) is 7.29. The van der Waals surface area contributed by atoms with E-state index in [9.17, 15) is 0 Å². The van der Waals surface area contributed by atoms with E-state index in [0.717, 1.165) is 18.3 Å². The van der Waals surface area contributed by atoms with Gasteiger partial charge in [0.25, 0.3) is 0 Å². The number of aliphatic hydroxyl groups excluding tert-OH is 1. The SMILES string of the molecule is CC.CC(CO)CC1=CC[C@H]2CC[C@@H]2C1. The zero-order valence-electron chi connectivity index (χ0n) is 10.5. The lowest BCUT2D eigenvalue weighted by Crippen LogP contribution is -2.28. The maximum Gasteiger partial charge on any atom is 0.0459 e. The van der Waals surface area contributed by atoms with E-state index in [-0.39, 0.29) is 0 Å². The molecule has 1 heteroatoms. The molecule has 0 aromatic carbocycles. The Hall–Kier alpha value is -0.300. The Labute approximate surface area is 94.6 Å². The van der Waals surface area contributed by atoms with Gasteiger partial charge in [-0.3, -0.25) is 0 Å². The van der Waals surface area contributed by atoms with E-state index >= 15 is 0 Å². The molecule has 0 heterocycles. The maximum atomic E-state index is 8.97. The van der Waals surface area contributed by atoms with Crippen molar-refractivity contribution in [1.29, 1.82) is 0 Å². The van der Waals surface area contributed by atoms with Gasteiger partial charge in [0.2, 0.25) is 0 Å². The summed E-state index contributed by atoms with van der Waals surface area (Å²) in [6.07, 6.45) is 9.12. The Morgan fingerprint density at radius 1 is 1.33 bits per heavy atom. The molecule has 0 aromatic rings. The molecule has 1 nitrogen and oxygen atoms in total. The zero-order valence-corrected chi connectivity index (χ0v) is 10.5. The predicted molar refractivity (Wildman–Crippen MR) is 65.7 cm³/mol. The molecule has 1 saturated carbocycles. The molecule has 2 aliphatic carbocycles. The number of fused-ring (bicyclic) bond motifs is 1. The van der Waals surface area contributed by atoms with Crippen molar-refractivity contribution in [2.45, 2.75) is 52.9 Å². The quantitative estimate of drug-likeness (QED) is 0.703. The second-order valence-corrected chi connectivity index (χ2v) is 4.89. The van der Waals surface area contributed by atoms with Gasteiger partial charge >= 0.3 is 0 Å². The molecule has 0 amide bonds. The maximum absolute atomic E-state index is 8.97. The molecule has 0 aliphatic heterocycles. The fraction of sp³-hybridized carbons (Fsp3) is 0.857. The van der Waals surface area contributed by atoms with Crippen LogP contribution in [0.3, 0.4) is 0 Å². The van der Waals surface area contributed by atoms with Crippen LogP contribution in [0.5, 0.6) is 0 Å². The molecule has 2 rings (SSSR count). The van der Waals surface area contributed by atoms with Gasteiger partial charge in [0.05, 0.1) is 0 Å². The first-order valence-electron chi connectivity index (χ1n) is 6.58. The minimum absolute atomic E-state index is 0.339. The molecule has 3 atom stereocenters. The lowest BCUT2D eigenvalue weighted by molar-refractivity contribution is 0.161. The number of hydrogen-bond acceptors (Lipinski definition) is 1. The van der Waals surface area contributed by atoms with Crippen molar-refractivity contribution < 1.29 is 5.11 Å². The van der Waals surface area contributed by atoms with Crippen LogP contribution in [0.15, 0.2) is 11.6 Å². The molecule has 0 bridgehead atoms. The Morgan fingerprint density at radius 3 is 2.47 bits per heavy atom. The third-order valence-corrected chi connectivity index (χ3v) is 3.73. The van der Waals surface area contributed by atoms with Gasteiger partial charge in [-0.15, -0.1) is 0 Å². The Bertz CT molecular complexity index is 207. The summed E-state index contributed by atoms with van der Waals surface area (Å²) in [6, 6.07) is 0. The number of allylic oxidation sites excluding steroid dienone is 2. The second-order valence-electron chi connectivity index (χ2n) is 4.89. The summed E-state index contributed by atoms with van der Waals surface area (Å²) in [6.45, 7) is 6.47. The Balaban J connectivity index is 0.000000531. The van der Waals surface area contributed by atoms with E-state index in [0.29, 0.717) is 12.5 Å². The van der Waals surface area contributed by atoms with Crippen LogP contribution < -0.4 is 0 Å². The second kappa shape index (κ2) is 6.32. The van der Waals surface area contributed by atoms with E-state index in [1.54, 1.807) is 5.57 Å². The normalized spacial score (nSPS) is 30.3. The smallest absolute Gasteiger partial charge is 0.0459 e. The molecule has 1 fully saturated rings. The van der Waals surface area contributed by atoms with Gasteiger partial charge in [0, 0.05) is 6.61 Å².